The fourth-order valence-corrected chi connectivity index (χ4v) is 0.997. The van der Waals surface area contributed by atoms with Crippen LogP contribution in [0.2, 0.25) is 0 Å². The van der Waals surface area contributed by atoms with Gasteiger partial charge in [-0.05, 0) is 12.1 Å². The van der Waals surface area contributed by atoms with E-state index in [0.29, 0.717) is 0 Å². The zero-order chi connectivity index (χ0) is 11.1. The smallest absolute Gasteiger partial charge is 0.450 e. The van der Waals surface area contributed by atoms with Crippen molar-refractivity contribution in [1.82, 2.24) is 15.5 Å². The lowest BCUT2D eigenvalue weighted by Gasteiger charge is -1.97. The molecule has 0 saturated carbocycles. The fraction of sp³-hybridized carbons (Fsp3) is 0.250. The Morgan fingerprint density at radius 2 is 2.20 bits per heavy atom. The molecule has 2 rings (SSSR count). The Labute approximate surface area is 85.5 Å². The average Bonchev–Trinajstić information content (AvgIpc) is 2.71. The second kappa shape index (κ2) is 5.53. The van der Waals surface area contributed by atoms with Crippen LogP contribution >= 0.6 is 0 Å². The van der Waals surface area contributed by atoms with Crippen molar-refractivity contribution in [2.24, 2.45) is 4.99 Å². The summed E-state index contributed by atoms with van der Waals surface area (Å²) in [5.74, 6) is 0.859. The number of rotatable bonds is 1. The largest absolute Gasteiger partial charge is 0.503 e. The van der Waals surface area contributed by atoms with Crippen molar-refractivity contribution in [2.75, 3.05) is 13.1 Å². The SMILES string of the molecule is O=C(O)O.c1cnnc(C2=NCCN2)c1. The van der Waals surface area contributed by atoms with E-state index in [1.807, 2.05) is 12.1 Å². The Morgan fingerprint density at radius 3 is 2.67 bits per heavy atom. The van der Waals surface area contributed by atoms with E-state index in [0.717, 1.165) is 24.6 Å². The normalized spacial score (nSPS) is 13.2. The minimum Gasteiger partial charge on any atom is -0.450 e. The van der Waals surface area contributed by atoms with Crippen LogP contribution in [0.25, 0.3) is 0 Å². The van der Waals surface area contributed by atoms with E-state index in [1.54, 1.807) is 6.20 Å². The van der Waals surface area contributed by atoms with Gasteiger partial charge in [-0.1, -0.05) is 0 Å². The molecule has 0 unspecified atom stereocenters. The first kappa shape index (κ1) is 10.9. The zero-order valence-electron chi connectivity index (χ0n) is 7.79. The molecular weight excluding hydrogens is 200 g/mol. The highest BCUT2D eigenvalue weighted by Crippen LogP contribution is 1.96. The third-order valence-electron chi connectivity index (χ3n) is 1.49. The molecule has 0 aliphatic carbocycles. The molecule has 0 radical (unpaired) electrons. The Morgan fingerprint density at radius 1 is 1.47 bits per heavy atom. The summed E-state index contributed by atoms with van der Waals surface area (Å²) in [6, 6.07) is 3.75. The molecule has 15 heavy (non-hydrogen) atoms. The van der Waals surface area contributed by atoms with E-state index in [2.05, 4.69) is 20.5 Å². The number of aliphatic imine (C=N–C) groups is 1. The second-order valence-electron chi connectivity index (χ2n) is 2.55. The molecular formula is C8H10N4O3. The maximum atomic E-state index is 8.56. The quantitative estimate of drug-likeness (QED) is 0.604. The molecule has 0 amide bonds. The first-order chi connectivity index (χ1) is 7.20. The monoisotopic (exact) mass is 210 g/mol. The lowest BCUT2D eigenvalue weighted by Crippen LogP contribution is -2.20. The van der Waals surface area contributed by atoms with Gasteiger partial charge in [0, 0.05) is 12.7 Å². The van der Waals surface area contributed by atoms with Crippen LogP contribution in [0.5, 0.6) is 0 Å². The molecule has 2 heterocycles. The minimum absolute atomic E-state index is 0.824. The van der Waals surface area contributed by atoms with Crippen LogP contribution in [0.3, 0.4) is 0 Å². The van der Waals surface area contributed by atoms with Crippen LogP contribution < -0.4 is 5.32 Å². The van der Waals surface area contributed by atoms with Crippen LogP contribution in [0.4, 0.5) is 4.79 Å². The van der Waals surface area contributed by atoms with Gasteiger partial charge in [0.05, 0.1) is 6.54 Å². The highest BCUT2D eigenvalue weighted by atomic mass is 16.6. The van der Waals surface area contributed by atoms with E-state index < -0.39 is 6.16 Å². The highest BCUT2D eigenvalue weighted by molar-refractivity contribution is 5.97. The van der Waals surface area contributed by atoms with E-state index in [9.17, 15) is 0 Å². The summed E-state index contributed by atoms with van der Waals surface area (Å²) in [5, 5.41) is 24.7. The molecule has 1 aliphatic heterocycles. The van der Waals surface area contributed by atoms with Crippen LogP contribution in [0, 0.1) is 0 Å². The first-order valence-electron chi connectivity index (χ1n) is 4.18. The molecule has 1 aliphatic rings. The molecule has 1 aromatic rings. The average molecular weight is 210 g/mol. The summed E-state index contributed by atoms with van der Waals surface area (Å²) in [4.78, 5) is 12.8. The van der Waals surface area contributed by atoms with Crippen LogP contribution in [0.15, 0.2) is 23.3 Å². The molecule has 7 heteroatoms. The molecule has 0 spiro atoms. The standard InChI is InChI=1S/C7H8N4.CH2O3/c1-2-6(11-10-3-1)7-8-4-5-9-7;2-1(3)4/h1-3H,4-5H2,(H,8,9);(H2,2,3,4). The third-order valence-corrected chi connectivity index (χ3v) is 1.49. The van der Waals surface area contributed by atoms with Crippen LogP contribution in [0.1, 0.15) is 5.69 Å². The predicted molar refractivity (Wildman–Crippen MR) is 52.1 cm³/mol. The number of aromatic nitrogens is 2. The highest BCUT2D eigenvalue weighted by Gasteiger charge is 2.07. The van der Waals surface area contributed by atoms with E-state index >= 15 is 0 Å². The van der Waals surface area contributed by atoms with Crippen LogP contribution in [-0.2, 0) is 0 Å². The molecule has 0 fully saturated rings. The van der Waals surface area contributed by atoms with Crippen molar-refractivity contribution < 1.29 is 15.0 Å². The van der Waals surface area contributed by atoms with E-state index in [1.165, 1.54) is 0 Å². The maximum absolute atomic E-state index is 8.56. The molecule has 1 aromatic heterocycles. The Bertz CT molecular complexity index is 348. The lowest BCUT2D eigenvalue weighted by molar-refractivity contribution is 0.137. The summed E-state index contributed by atoms with van der Waals surface area (Å²) in [6.07, 6.45) is -0.182. The van der Waals surface area contributed by atoms with Crippen molar-refractivity contribution in [3.05, 3.63) is 24.0 Å². The van der Waals surface area contributed by atoms with Crippen molar-refractivity contribution in [1.29, 1.82) is 0 Å². The second-order valence-corrected chi connectivity index (χ2v) is 2.55. The number of carbonyl (C=O) groups is 1. The summed E-state index contributed by atoms with van der Waals surface area (Å²) >= 11 is 0. The van der Waals surface area contributed by atoms with Crippen molar-refractivity contribution in [3.63, 3.8) is 0 Å². The fourth-order valence-electron chi connectivity index (χ4n) is 0.997. The molecule has 0 aromatic carbocycles. The topological polar surface area (TPSA) is 108 Å². The number of hydrogen-bond donors (Lipinski definition) is 3. The van der Waals surface area contributed by atoms with Gasteiger partial charge in [0.1, 0.15) is 11.5 Å². The number of hydrogen-bond acceptors (Lipinski definition) is 5. The van der Waals surface area contributed by atoms with E-state index in [-0.39, 0.29) is 0 Å². The third kappa shape index (κ3) is 4.03. The van der Waals surface area contributed by atoms with Crippen molar-refractivity contribution >= 4 is 12.0 Å². The summed E-state index contributed by atoms with van der Waals surface area (Å²) in [6.45, 7) is 1.75. The predicted octanol–water partition coefficient (Wildman–Crippen LogP) is 0.0488. The Hall–Kier alpha value is -2.18. The van der Waals surface area contributed by atoms with Crippen molar-refractivity contribution in [3.8, 4) is 0 Å². The zero-order valence-corrected chi connectivity index (χ0v) is 7.79. The first-order valence-corrected chi connectivity index (χ1v) is 4.18. The van der Waals surface area contributed by atoms with Gasteiger partial charge < -0.3 is 15.5 Å². The molecule has 0 atom stereocenters. The van der Waals surface area contributed by atoms with Gasteiger partial charge in [0.25, 0.3) is 0 Å². The minimum atomic E-state index is -1.83. The van der Waals surface area contributed by atoms with Gasteiger partial charge in [-0.2, -0.15) is 5.10 Å². The van der Waals surface area contributed by atoms with Gasteiger partial charge in [-0.15, -0.1) is 5.10 Å². The number of carboxylic acid groups (broad SMARTS) is 2. The molecule has 0 bridgehead atoms. The Balaban J connectivity index is 0.000000245. The number of amidine groups is 1. The maximum Gasteiger partial charge on any atom is 0.503 e. The van der Waals surface area contributed by atoms with Gasteiger partial charge in [0.2, 0.25) is 0 Å². The lowest BCUT2D eigenvalue weighted by atomic mass is 10.4. The van der Waals surface area contributed by atoms with E-state index in [4.69, 9.17) is 15.0 Å². The van der Waals surface area contributed by atoms with Gasteiger partial charge in [-0.3, -0.25) is 4.99 Å². The van der Waals surface area contributed by atoms with Gasteiger partial charge >= 0.3 is 6.16 Å². The summed E-state index contributed by atoms with van der Waals surface area (Å²) < 4.78 is 0. The number of nitrogens with zero attached hydrogens (tertiary/aromatic N) is 3. The molecule has 80 valence electrons. The van der Waals surface area contributed by atoms with Crippen molar-refractivity contribution in [2.45, 2.75) is 0 Å². The van der Waals surface area contributed by atoms with Crippen LogP contribution in [-0.4, -0.2) is 45.5 Å². The van der Waals surface area contributed by atoms with Gasteiger partial charge in [-0.25, -0.2) is 4.79 Å². The molecule has 3 N–H and O–H groups in total. The number of nitrogens with one attached hydrogen (secondary N) is 1. The summed E-state index contributed by atoms with van der Waals surface area (Å²) in [5.41, 5.74) is 0.824. The molecule has 7 nitrogen and oxygen atoms in total. The van der Waals surface area contributed by atoms with Gasteiger partial charge in [0.15, 0.2) is 0 Å². The Kier molecular flexibility index (Phi) is 4.02. The summed E-state index contributed by atoms with van der Waals surface area (Å²) in [7, 11) is 0. The molecule has 0 saturated heterocycles.